The maximum absolute atomic E-state index is 14.7. The number of likely N-dealkylation sites (tertiary alicyclic amines) is 2. The van der Waals surface area contributed by atoms with Crippen LogP contribution in [-0.4, -0.2) is 89.1 Å². The molecule has 0 radical (unpaired) electrons. The maximum atomic E-state index is 14.7. The minimum absolute atomic E-state index is 0.00228. The fourth-order valence-corrected chi connectivity index (χ4v) is 9.64. The number of rotatable bonds is 9. The van der Waals surface area contributed by atoms with Crippen LogP contribution in [0, 0.1) is 0 Å². The van der Waals surface area contributed by atoms with Gasteiger partial charge in [-0.25, -0.2) is 0 Å². The molecule has 2 aromatic carbocycles. The first-order valence-electron chi connectivity index (χ1n) is 19.3. The number of aryl methyl sites for hydroxylation is 1. The van der Waals surface area contributed by atoms with Gasteiger partial charge in [0.1, 0.15) is 0 Å². The molecule has 2 heterocycles. The van der Waals surface area contributed by atoms with Crippen molar-refractivity contribution in [2.45, 2.75) is 146 Å². The second-order valence-corrected chi connectivity index (χ2v) is 19.0. The first-order valence-corrected chi connectivity index (χ1v) is 19.7. The van der Waals surface area contributed by atoms with Crippen LogP contribution >= 0.6 is 11.6 Å². The summed E-state index contributed by atoms with van der Waals surface area (Å²) < 4.78 is 85.4. The third-order valence-corrected chi connectivity index (χ3v) is 13.2. The van der Waals surface area contributed by atoms with E-state index in [1.807, 2.05) is 7.05 Å². The number of nitrogens with zero attached hydrogens (tertiary/aromatic N) is 4. The van der Waals surface area contributed by atoms with Crippen LogP contribution in [0.4, 0.5) is 26.3 Å². The Morgan fingerprint density at radius 2 is 1.38 bits per heavy atom. The number of benzene rings is 2. The van der Waals surface area contributed by atoms with Crippen molar-refractivity contribution in [2.75, 3.05) is 47.3 Å². The second-order valence-electron chi connectivity index (χ2n) is 18.5. The van der Waals surface area contributed by atoms with E-state index in [1.165, 1.54) is 18.2 Å². The van der Waals surface area contributed by atoms with Crippen LogP contribution < -0.4 is 0 Å². The molecule has 2 fully saturated rings. The SMILES string of the molecule is CN(C)[C@]1(C[C@@H]2CCc3c(CN(C)[C@]4(CCc5ccc(Cl)c(C(F)(F)F)c5)CCCN(C(C)(C)C)C4)cc(C(F)(F)F)cc32)CCCN(C(C)(C)C)C1. The van der Waals surface area contributed by atoms with Crippen molar-refractivity contribution < 1.29 is 26.3 Å². The molecule has 5 rings (SSSR count). The van der Waals surface area contributed by atoms with E-state index in [-0.39, 0.29) is 27.6 Å². The van der Waals surface area contributed by atoms with Crippen molar-refractivity contribution in [3.8, 4) is 0 Å². The van der Waals surface area contributed by atoms with Gasteiger partial charge in [0.05, 0.1) is 16.1 Å². The molecule has 0 N–H and O–H groups in total. The van der Waals surface area contributed by atoms with E-state index in [4.69, 9.17) is 11.6 Å². The van der Waals surface area contributed by atoms with Gasteiger partial charge >= 0.3 is 12.4 Å². The Bertz CT molecular complexity index is 1590. The molecule has 53 heavy (non-hydrogen) atoms. The van der Waals surface area contributed by atoms with Gasteiger partial charge in [0.25, 0.3) is 0 Å². The van der Waals surface area contributed by atoms with Gasteiger partial charge in [0, 0.05) is 41.8 Å². The summed E-state index contributed by atoms with van der Waals surface area (Å²) in [6, 6.07) is 6.92. The van der Waals surface area contributed by atoms with Gasteiger partial charge in [-0.2, -0.15) is 26.3 Å². The second kappa shape index (κ2) is 15.2. The predicted molar refractivity (Wildman–Crippen MR) is 204 cm³/mol. The van der Waals surface area contributed by atoms with Gasteiger partial charge in [0.15, 0.2) is 0 Å². The maximum Gasteiger partial charge on any atom is 0.417 e. The topological polar surface area (TPSA) is 13.0 Å². The molecule has 0 bridgehead atoms. The van der Waals surface area contributed by atoms with E-state index < -0.39 is 29.0 Å². The average molecular weight is 771 g/mol. The van der Waals surface area contributed by atoms with E-state index in [2.05, 4.69) is 75.2 Å². The first kappa shape index (κ1) is 42.3. The Labute approximate surface area is 319 Å². The summed E-state index contributed by atoms with van der Waals surface area (Å²) in [6.45, 7) is 17.0. The van der Waals surface area contributed by atoms with Crippen molar-refractivity contribution in [1.82, 2.24) is 19.6 Å². The molecule has 298 valence electrons. The molecule has 3 atom stereocenters. The standard InChI is InChI=1S/C42H61ClF6N4/c1-37(2,3)52-20-10-17-39(27-52,19-16-29-12-15-36(43)35(22-29)42(47,48)49)51(9)26-31-23-32(41(44,45)46)24-34-30(13-14-33(31)34)25-40(50(7)8)18-11-21-53(28-40)38(4,5)6/h12,15,22-24,30H,10-11,13-14,16-21,25-28H2,1-9H3/t30-,39-,40-/m0/s1. The lowest BCUT2D eigenvalue weighted by atomic mass is 9.76. The van der Waals surface area contributed by atoms with Crippen molar-refractivity contribution in [1.29, 1.82) is 0 Å². The molecule has 3 aliphatic rings. The minimum atomic E-state index is -4.56. The van der Waals surface area contributed by atoms with Gasteiger partial charge in [-0.3, -0.25) is 14.7 Å². The highest BCUT2D eigenvalue weighted by molar-refractivity contribution is 6.31. The number of hydrogen-bond acceptors (Lipinski definition) is 4. The normalized spacial score (nSPS) is 25.4. The number of piperidine rings is 2. The van der Waals surface area contributed by atoms with E-state index in [9.17, 15) is 26.3 Å². The van der Waals surface area contributed by atoms with Gasteiger partial charge in [-0.15, -0.1) is 0 Å². The van der Waals surface area contributed by atoms with E-state index in [0.717, 1.165) is 87.3 Å². The Balaban J connectivity index is 1.49. The summed E-state index contributed by atoms with van der Waals surface area (Å²) in [7, 11) is 6.23. The zero-order valence-corrected chi connectivity index (χ0v) is 34.1. The largest absolute Gasteiger partial charge is 0.417 e. The van der Waals surface area contributed by atoms with Gasteiger partial charge in [-0.05, 0) is 186 Å². The van der Waals surface area contributed by atoms with Crippen molar-refractivity contribution in [2.24, 2.45) is 0 Å². The van der Waals surface area contributed by atoms with Gasteiger partial charge in [-0.1, -0.05) is 17.7 Å². The summed E-state index contributed by atoms with van der Waals surface area (Å²) >= 11 is 5.95. The lowest BCUT2D eigenvalue weighted by molar-refractivity contribution is -0.138. The number of fused-ring (bicyclic) bond motifs is 1. The predicted octanol–water partition coefficient (Wildman–Crippen LogP) is 10.7. The highest BCUT2D eigenvalue weighted by Gasteiger charge is 2.46. The van der Waals surface area contributed by atoms with Crippen molar-refractivity contribution in [3.63, 3.8) is 0 Å². The number of hydrogen-bond donors (Lipinski definition) is 0. The summed E-state index contributed by atoms with van der Waals surface area (Å²) in [5.41, 5.74) is 0.960. The quantitative estimate of drug-likeness (QED) is 0.236. The molecule has 0 spiro atoms. The Morgan fingerprint density at radius 3 is 1.92 bits per heavy atom. The van der Waals surface area contributed by atoms with Crippen molar-refractivity contribution in [3.05, 3.63) is 68.7 Å². The smallest absolute Gasteiger partial charge is 0.302 e. The van der Waals surface area contributed by atoms with Gasteiger partial charge in [0.2, 0.25) is 0 Å². The molecule has 0 unspecified atom stereocenters. The summed E-state index contributed by atoms with van der Waals surface area (Å²) in [4.78, 5) is 9.47. The lowest BCUT2D eigenvalue weighted by Gasteiger charge is -2.52. The fourth-order valence-electron chi connectivity index (χ4n) is 9.41. The summed E-state index contributed by atoms with van der Waals surface area (Å²) in [6.07, 6.45) is -1.98. The van der Waals surface area contributed by atoms with Crippen LogP contribution in [0.15, 0.2) is 30.3 Å². The highest BCUT2D eigenvalue weighted by Crippen LogP contribution is 2.47. The molecular formula is C42H61ClF6N4. The average Bonchev–Trinajstić information content (AvgIpc) is 3.45. The lowest BCUT2D eigenvalue weighted by Crippen LogP contribution is -2.61. The zero-order chi connectivity index (χ0) is 39.4. The zero-order valence-electron chi connectivity index (χ0n) is 33.3. The Kier molecular flexibility index (Phi) is 12.2. The van der Waals surface area contributed by atoms with Crippen LogP contribution in [-0.2, 0) is 31.7 Å². The number of alkyl halides is 6. The third kappa shape index (κ3) is 9.41. The molecule has 4 nitrogen and oxygen atoms in total. The van der Waals surface area contributed by atoms with Gasteiger partial charge < -0.3 is 4.90 Å². The fraction of sp³-hybridized carbons (Fsp3) is 0.714. The monoisotopic (exact) mass is 770 g/mol. The molecule has 0 aromatic heterocycles. The Morgan fingerprint density at radius 1 is 0.792 bits per heavy atom. The molecule has 2 aliphatic heterocycles. The van der Waals surface area contributed by atoms with E-state index >= 15 is 0 Å². The molecule has 0 saturated carbocycles. The highest BCUT2D eigenvalue weighted by atomic mass is 35.5. The molecule has 2 aromatic rings. The molecule has 1 aliphatic carbocycles. The summed E-state index contributed by atoms with van der Waals surface area (Å²) in [5, 5.41) is -0.326. The van der Waals surface area contributed by atoms with Crippen LogP contribution in [0.2, 0.25) is 5.02 Å². The van der Waals surface area contributed by atoms with E-state index in [0.29, 0.717) is 31.5 Å². The van der Waals surface area contributed by atoms with Crippen LogP contribution in [0.3, 0.4) is 0 Å². The minimum Gasteiger partial charge on any atom is -0.302 e. The summed E-state index contributed by atoms with van der Waals surface area (Å²) in [5.74, 6) is 0.0198. The first-order chi connectivity index (χ1) is 24.3. The van der Waals surface area contributed by atoms with Crippen LogP contribution in [0.1, 0.15) is 126 Å². The Hall–Kier alpha value is -1.85. The molecule has 2 saturated heterocycles. The molecule has 0 amide bonds. The van der Waals surface area contributed by atoms with Crippen LogP contribution in [0.25, 0.3) is 0 Å². The van der Waals surface area contributed by atoms with Crippen LogP contribution in [0.5, 0.6) is 0 Å². The molecular weight excluding hydrogens is 710 g/mol. The third-order valence-electron chi connectivity index (χ3n) is 12.9. The molecule has 11 heteroatoms. The van der Waals surface area contributed by atoms with Crippen molar-refractivity contribution >= 4 is 11.6 Å². The van der Waals surface area contributed by atoms with E-state index in [1.54, 1.807) is 6.07 Å². The number of halogens is 7. The number of likely N-dealkylation sites (N-methyl/N-ethyl adjacent to an activating group) is 2.